The van der Waals surface area contributed by atoms with Gasteiger partial charge in [-0.1, -0.05) is 27.7 Å². The highest BCUT2D eigenvalue weighted by Crippen LogP contribution is 2.08. The van der Waals surface area contributed by atoms with Gasteiger partial charge in [-0.2, -0.15) is 0 Å². The van der Waals surface area contributed by atoms with Crippen LogP contribution in [0.3, 0.4) is 0 Å². The lowest BCUT2D eigenvalue weighted by Crippen LogP contribution is -2.35. The Morgan fingerprint density at radius 1 is 1.06 bits per heavy atom. The predicted molar refractivity (Wildman–Crippen MR) is 72.1 cm³/mol. The molecule has 0 heterocycles. The van der Waals surface area contributed by atoms with Gasteiger partial charge in [-0.15, -0.1) is 0 Å². The predicted octanol–water partition coefficient (Wildman–Crippen LogP) is 2.47. The van der Waals surface area contributed by atoms with Crippen LogP contribution in [0.4, 0.5) is 0 Å². The first-order valence-electron chi connectivity index (χ1n) is 6.71. The minimum atomic E-state index is -0.262. The number of carbonyl (C=O) groups is 2. The fourth-order valence-electron chi connectivity index (χ4n) is 1.58. The van der Waals surface area contributed by atoms with Crippen molar-refractivity contribution in [2.45, 2.75) is 47.0 Å². The maximum atomic E-state index is 12.0. The normalized spacial score (nSPS) is 10.8. The molecular formula is C14H27NO3. The molecule has 0 bridgehead atoms. The summed E-state index contributed by atoms with van der Waals surface area (Å²) in [5.41, 5.74) is 0. The van der Waals surface area contributed by atoms with Gasteiger partial charge in [0.25, 0.3) is 0 Å². The monoisotopic (exact) mass is 257 g/mol. The Balaban J connectivity index is 4.31. The molecule has 0 aromatic carbocycles. The summed E-state index contributed by atoms with van der Waals surface area (Å²) in [7, 11) is 1.37. The lowest BCUT2D eigenvalue weighted by Gasteiger charge is -2.24. The van der Waals surface area contributed by atoms with Crippen LogP contribution in [0.15, 0.2) is 0 Å². The molecule has 0 spiro atoms. The first kappa shape index (κ1) is 16.9. The third-order valence-electron chi connectivity index (χ3n) is 2.73. The van der Waals surface area contributed by atoms with Gasteiger partial charge in [0.05, 0.1) is 13.5 Å². The van der Waals surface area contributed by atoms with Crippen LogP contribution >= 0.6 is 0 Å². The van der Waals surface area contributed by atoms with Crippen LogP contribution in [0, 0.1) is 11.8 Å². The van der Waals surface area contributed by atoms with Crippen LogP contribution in [-0.4, -0.2) is 37.0 Å². The molecular weight excluding hydrogens is 230 g/mol. The molecule has 0 atom stereocenters. The summed E-state index contributed by atoms with van der Waals surface area (Å²) in [6.07, 6.45) is 1.78. The summed E-state index contributed by atoms with van der Waals surface area (Å²) >= 11 is 0. The smallest absolute Gasteiger partial charge is 0.307 e. The number of carbonyl (C=O) groups excluding carboxylic acids is 2. The third kappa shape index (κ3) is 8.09. The molecule has 0 aliphatic heterocycles. The molecule has 0 aromatic rings. The molecule has 0 aromatic heterocycles. The quantitative estimate of drug-likeness (QED) is 0.628. The molecule has 0 N–H and O–H groups in total. The van der Waals surface area contributed by atoms with Crippen LogP contribution in [0.5, 0.6) is 0 Å². The highest BCUT2D eigenvalue weighted by Gasteiger charge is 2.16. The molecule has 0 saturated carbocycles. The molecule has 0 fully saturated rings. The van der Waals surface area contributed by atoms with Gasteiger partial charge in [0.1, 0.15) is 0 Å². The van der Waals surface area contributed by atoms with Crippen molar-refractivity contribution in [3.8, 4) is 0 Å². The number of methoxy groups -OCH3 is 1. The van der Waals surface area contributed by atoms with E-state index < -0.39 is 0 Å². The molecule has 0 rings (SSSR count). The number of ether oxygens (including phenoxy) is 1. The molecule has 1 amide bonds. The molecule has 0 saturated heterocycles. The summed E-state index contributed by atoms with van der Waals surface area (Å²) in [5, 5.41) is 0. The Morgan fingerprint density at radius 2 is 1.67 bits per heavy atom. The summed E-state index contributed by atoms with van der Waals surface area (Å²) in [5.74, 6) is 0.770. The van der Waals surface area contributed by atoms with Crippen LogP contribution in [0.1, 0.15) is 47.0 Å². The Bertz CT molecular complexity index is 262. The van der Waals surface area contributed by atoms with Crippen molar-refractivity contribution in [3.05, 3.63) is 0 Å². The van der Waals surface area contributed by atoms with Crippen LogP contribution in [0.2, 0.25) is 0 Å². The fourth-order valence-corrected chi connectivity index (χ4v) is 1.58. The van der Waals surface area contributed by atoms with Crippen molar-refractivity contribution in [2.24, 2.45) is 11.8 Å². The SMILES string of the molecule is COC(=O)CCN(CCC(C)C)C(=O)CC(C)C. The highest BCUT2D eigenvalue weighted by molar-refractivity contribution is 5.77. The average molecular weight is 257 g/mol. The Morgan fingerprint density at radius 3 is 2.11 bits per heavy atom. The highest BCUT2D eigenvalue weighted by atomic mass is 16.5. The van der Waals surface area contributed by atoms with Gasteiger partial charge in [-0.3, -0.25) is 9.59 Å². The minimum absolute atomic E-state index is 0.134. The number of esters is 1. The van der Waals surface area contributed by atoms with E-state index in [0.717, 1.165) is 13.0 Å². The van der Waals surface area contributed by atoms with E-state index in [1.807, 2.05) is 13.8 Å². The van der Waals surface area contributed by atoms with E-state index in [-0.39, 0.29) is 18.3 Å². The van der Waals surface area contributed by atoms with Gasteiger partial charge < -0.3 is 9.64 Å². The van der Waals surface area contributed by atoms with Crippen molar-refractivity contribution >= 4 is 11.9 Å². The first-order valence-corrected chi connectivity index (χ1v) is 6.71. The maximum absolute atomic E-state index is 12.0. The van der Waals surface area contributed by atoms with Crippen molar-refractivity contribution in [1.82, 2.24) is 4.90 Å². The van der Waals surface area contributed by atoms with Crippen LogP contribution < -0.4 is 0 Å². The van der Waals surface area contributed by atoms with Gasteiger partial charge >= 0.3 is 5.97 Å². The standard InChI is InChI=1S/C14H27NO3/c1-11(2)6-8-15(9-7-14(17)18-5)13(16)10-12(3)4/h11-12H,6-10H2,1-5H3. The van der Waals surface area contributed by atoms with Crippen LogP contribution in [-0.2, 0) is 14.3 Å². The molecule has 4 heteroatoms. The zero-order valence-corrected chi connectivity index (χ0v) is 12.4. The summed E-state index contributed by atoms with van der Waals surface area (Å²) in [4.78, 5) is 25.0. The lowest BCUT2D eigenvalue weighted by atomic mass is 10.1. The molecule has 0 radical (unpaired) electrons. The molecule has 106 valence electrons. The summed E-state index contributed by atoms with van der Waals surface area (Å²) in [6.45, 7) is 9.50. The second kappa shape index (κ2) is 8.95. The maximum Gasteiger partial charge on any atom is 0.307 e. The molecule has 0 aliphatic carbocycles. The zero-order valence-electron chi connectivity index (χ0n) is 12.4. The second-order valence-corrected chi connectivity index (χ2v) is 5.49. The van der Waals surface area contributed by atoms with E-state index in [9.17, 15) is 9.59 Å². The number of hydrogen-bond donors (Lipinski definition) is 0. The summed E-state index contributed by atoms with van der Waals surface area (Å²) < 4.78 is 4.61. The van der Waals surface area contributed by atoms with E-state index in [1.165, 1.54) is 7.11 Å². The lowest BCUT2D eigenvalue weighted by molar-refractivity contribution is -0.141. The van der Waals surface area contributed by atoms with Gasteiger partial charge in [0, 0.05) is 19.5 Å². The number of rotatable bonds is 8. The van der Waals surface area contributed by atoms with Gasteiger partial charge in [0.2, 0.25) is 5.91 Å². The van der Waals surface area contributed by atoms with Crippen molar-refractivity contribution in [2.75, 3.05) is 20.2 Å². The fraction of sp³-hybridized carbons (Fsp3) is 0.857. The van der Waals surface area contributed by atoms with Gasteiger partial charge in [0.15, 0.2) is 0 Å². The molecule has 18 heavy (non-hydrogen) atoms. The molecule has 4 nitrogen and oxygen atoms in total. The van der Waals surface area contributed by atoms with E-state index in [1.54, 1.807) is 4.90 Å². The van der Waals surface area contributed by atoms with E-state index in [2.05, 4.69) is 18.6 Å². The number of amides is 1. The average Bonchev–Trinajstić information content (AvgIpc) is 2.27. The minimum Gasteiger partial charge on any atom is -0.469 e. The van der Waals surface area contributed by atoms with Crippen LogP contribution in [0.25, 0.3) is 0 Å². The first-order chi connectivity index (χ1) is 8.36. The van der Waals surface area contributed by atoms with Crippen molar-refractivity contribution < 1.29 is 14.3 Å². The van der Waals surface area contributed by atoms with E-state index >= 15 is 0 Å². The third-order valence-corrected chi connectivity index (χ3v) is 2.73. The second-order valence-electron chi connectivity index (χ2n) is 5.49. The largest absolute Gasteiger partial charge is 0.469 e. The van der Waals surface area contributed by atoms with Crippen molar-refractivity contribution in [3.63, 3.8) is 0 Å². The van der Waals surface area contributed by atoms with E-state index in [4.69, 9.17) is 0 Å². The number of hydrogen-bond acceptors (Lipinski definition) is 3. The van der Waals surface area contributed by atoms with Gasteiger partial charge in [-0.25, -0.2) is 0 Å². The molecule has 0 aliphatic rings. The topological polar surface area (TPSA) is 46.6 Å². The number of nitrogens with zero attached hydrogens (tertiary/aromatic N) is 1. The molecule has 0 unspecified atom stereocenters. The Hall–Kier alpha value is -1.06. The zero-order chi connectivity index (χ0) is 14.1. The van der Waals surface area contributed by atoms with Gasteiger partial charge in [-0.05, 0) is 18.3 Å². The van der Waals surface area contributed by atoms with E-state index in [0.29, 0.717) is 24.8 Å². The Kier molecular flexibility index (Phi) is 8.42. The Labute approximate surface area is 111 Å². The van der Waals surface area contributed by atoms with Crippen molar-refractivity contribution in [1.29, 1.82) is 0 Å². The summed E-state index contributed by atoms with van der Waals surface area (Å²) in [6, 6.07) is 0.